The zero-order valence-corrected chi connectivity index (χ0v) is 13.5. The molecule has 1 saturated heterocycles. The van der Waals surface area contributed by atoms with Crippen LogP contribution in [0, 0.1) is 0 Å². The molecule has 4 heteroatoms. The average molecular weight is 308 g/mol. The standard InChI is InChI=1S/C17H24O3S/c1-19-16-7-6-14(13-8-10-21(18)11-9-13)12-17(16)20-15-4-2-3-5-15/h6-7,12-13,15H,2-5,8-11H2,1H3. The molecule has 1 aromatic rings. The molecule has 2 aliphatic rings. The lowest BCUT2D eigenvalue weighted by Crippen LogP contribution is -2.22. The van der Waals surface area contributed by atoms with Gasteiger partial charge in [-0.1, -0.05) is 17.2 Å². The molecular formula is C17H24O3S. The van der Waals surface area contributed by atoms with Crippen molar-refractivity contribution in [2.45, 2.75) is 50.5 Å². The molecule has 1 aromatic carbocycles. The van der Waals surface area contributed by atoms with Crippen LogP contribution in [0.2, 0.25) is 0 Å². The van der Waals surface area contributed by atoms with Gasteiger partial charge >= 0.3 is 0 Å². The molecule has 0 N–H and O–H groups in total. The summed E-state index contributed by atoms with van der Waals surface area (Å²) in [6.07, 6.45) is 7.20. The van der Waals surface area contributed by atoms with Gasteiger partial charge in [-0.25, -0.2) is 0 Å². The first-order valence-electron chi connectivity index (χ1n) is 7.96. The summed E-state index contributed by atoms with van der Waals surface area (Å²) in [4.78, 5) is 0. The van der Waals surface area contributed by atoms with Crippen molar-refractivity contribution in [2.24, 2.45) is 0 Å². The fourth-order valence-electron chi connectivity index (χ4n) is 3.35. The Bertz CT molecular complexity index is 463. The molecule has 0 unspecified atom stereocenters. The largest absolute Gasteiger partial charge is 0.616 e. The van der Waals surface area contributed by atoms with Crippen molar-refractivity contribution in [1.29, 1.82) is 0 Å². The Labute approximate surface area is 130 Å². The maximum Gasteiger partial charge on any atom is 0.161 e. The maximum absolute atomic E-state index is 11.5. The first-order chi connectivity index (χ1) is 10.3. The van der Waals surface area contributed by atoms with Gasteiger partial charge in [0.25, 0.3) is 0 Å². The van der Waals surface area contributed by atoms with Gasteiger partial charge in [-0.05, 0) is 62.1 Å². The molecule has 116 valence electrons. The van der Waals surface area contributed by atoms with Crippen LogP contribution in [-0.2, 0) is 11.2 Å². The van der Waals surface area contributed by atoms with Gasteiger partial charge in [0.1, 0.15) is 11.5 Å². The van der Waals surface area contributed by atoms with Crippen LogP contribution in [-0.4, -0.2) is 29.3 Å². The maximum atomic E-state index is 11.5. The third kappa shape index (κ3) is 3.67. The minimum Gasteiger partial charge on any atom is -0.616 e. The minimum absolute atomic E-state index is 0.341. The molecule has 0 aromatic heterocycles. The zero-order chi connectivity index (χ0) is 14.7. The molecule has 2 fully saturated rings. The van der Waals surface area contributed by atoms with E-state index in [0.717, 1.165) is 48.7 Å². The molecule has 0 bridgehead atoms. The SMILES string of the molecule is COc1ccc(C2CC[S+]([O-])CC2)cc1OC1CCCC1. The van der Waals surface area contributed by atoms with Crippen LogP contribution in [0.25, 0.3) is 0 Å². The lowest BCUT2D eigenvalue weighted by Gasteiger charge is -2.25. The number of methoxy groups -OCH3 is 1. The van der Waals surface area contributed by atoms with Crippen molar-refractivity contribution < 1.29 is 14.0 Å². The summed E-state index contributed by atoms with van der Waals surface area (Å²) in [5.41, 5.74) is 1.31. The average Bonchev–Trinajstić information content (AvgIpc) is 3.01. The van der Waals surface area contributed by atoms with Gasteiger partial charge in [0.05, 0.1) is 13.2 Å². The van der Waals surface area contributed by atoms with Crippen LogP contribution in [0.3, 0.4) is 0 Å². The number of hydrogen-bond acceptors (Lipinski definition) is 3. The summed E-state index contributed by atoms with van der Waals surface area (Å²) < 4.78 is 23.1. The molecule has 3 rings (SSSR count). The van der Waals surface area contributed by atoms with Gasteiger partial charge in [0, 0.05) is 0 Å². The van der Waals surface area contributed by atoms with Crippen LogP contribution < -0.4 is 9.47 Å². The Kier molecular flexibility index (Phi) is 4.96. The third-order valence-electron chi connectivity index (χ3n) is 4.64. The molecule has 1 aliphatic carbocycles. The van der Waals surface area contributed by atoms with Crippen molar-refractivity contribution in [3.05, 3.63) is 23.8 Å². The summed E-state index contributed by atoms with van der Waals surface area (Å²) in [7, 11) is 1.69. The van der Waals surface area contributed by atoms with Crippen molar-refractivity contribution in [3.63, 3.8) is 0 Å². The number of hydrogen-bond donors (Lipinski definition) is 0. The Morgan fingerprint density at radius 2 is 1.76 bits per heavy atom. The Balaban J connectivity index is 1.75. The van der Waals surface area contributed by atoms with Crippen molar-refractivity contribution in [2.75, 3.05) is 18.6 Å². The predicted octanol–water partition coefficient (Wildman–Crippen LogP) is 3.64. The second-order valence-electron chi connectivity index (χ2n) is 6.06. The van der Waals surface area contributed by atoms with Gasteiger partial charge in [0.2, 0.25) is 0 Å². The summed E-state index contributed by atoms with van der Waals surface area (Å²) in [5.74, 6) is 3.88. The molecule has 1 heterocycles. The van der Waals surface area contributed by atoms with Crippen LogP contribution >= 0.6 is 0 Å². The molecule has 0 atom stereocenters. The van der Waals surface area contributed by atoms with Crippen molar-refractivity contribution in [1.82, 2.24) is 0 Å². The highest BCUT2D eigenvalue weighted by Gasteiger charge is 2.25. The first-order valence-corrected chi connectivity index (χ1v) is 9.44. The van der Waals surface area contributed by atoms with Crippen molar-refractivity contribution in [3.8, 4) is 11.5 Å². The molecule has 1 aliphatic heterocycles. The molecule has 1 saturated carbocycles. The monoisotopic (exact) mass is 308 g/mol. The highest BCUT2D eigenvalue weighted by atomic mass is 32.2. The second-order valence-corrected chi connectivity index (χ2v) is 7.75. The van der Waals surface area contributed by atoms with Crippen LogP contribution in [0.5, 0.6) is 11.5 Å². The van der Waals surface area contributed by atoms with Crippen LogP contribution in [0.15, 0.2) is 18.2 Å². The fraction of sp³-hybridized carbons (Fsp3) is 0.647. The van der Waals surface area contributed by atoms with Gasteiger partial charge in [0.15, 0.2) is 11.5 Å². The highest BCUT2D eigenvalue weighted by Crippen LogP contribution is 2.37. The third-order valence-corrected chi connectivity index (χ3v) is 6.02. The van der Waals surface area contributed by atoms with E-state index in [9.17, 15) is 4.55 Å². The van der Waals surface area contributed by atoms with E-state index in [1.54, 1.807) is 7.11 Å². The first kappa shape index (κ1) is 15.0. The minimum atomic E-state index is -0.606. The Morgan fingerprint density at radius 3 is 2.43 bits per heavy atom. The van der Waals surface area contributed by atoms with E-state index in [0.29, 0.717) is 12.0 Å². The van der Waals surface area contributed by atoms with Gasteiger partial charge in [-0.2, -0.15) is 0 Å². The molecule has 0 spiro atoms. The van der Waals surface area contributed by atoms with E-state index in [1.165, 1.54) is 18.4 Å². The smallest absolute Gasteiger partial charge is 0.161 e. The highest BCUT2D eigenvalue weighted by molar-refractivity contribution is 7.91. The molecular weight excluding hydrogens is 284 g/mol. The van der Waals surface area contributed by atoms with Gasteiger partial charge < -0.3 is 14.0 Å². The molecule has 3 nitrogen and oxygen atoms in total. The number of ether oxygens (including phenoxy) is 2. The van der Waals surface area contributed by atoms with Gasteiger partial charge in [-0.15, -0.1) is 0 Å². The van der Waals surface area contributed by atoms with E-state index in [-0.39, 0.29) is 0 Å². The van der Waals surface area contributed by atoms with Crippen LogP contribution in [0.1, 0.15) is 50.0 Å². The zero-order valence-electron chi connectivity index (χ0n) is 12.7. The summed E-state index contributed by atoms with van der Waals surface area (Å²) in [6.45, 7) is 0. The number of rotatable bonds is 4. The van der Waals surface area contributed by atoms with E-state index in [2.05, 4.69) is 12.1 Å². The molecule has 0 radical (unpaired) electrons. The quantitative estimate of drug-likeness (QED) is 0.797. The lowest BCUT2D eigenvalue weighted by atomic mass is 9.93. The van der Waals surface area contributed by atoms with E-state index in [4.69, 9.17) is 9.47 Å². The summed E-state index contributed by atoms with van der Waals surface area (Å²) in [5, 5.41) is 0. The van der Waals surface area contributed by atoms with E-state index < -0.39 is 11.2 Å². The molecule has 21 heavy (non-hydrogen) atoms. The predicted molar refractivity (Wildman–Crippen MR) is 85.7 cm³/mol. The number of benzene rings is 1. The Hall–Kier alpha value is -0.870. The fourth-order valence-corrected chi connectivity index (χ4v) is 4.65. The lowest BCUT2D eigenvalue weighted by molar-refractivity contribution is 0.200. The Morgan fingerprint density at radius 1 is 1.05 bits per heavy atom. The summed E-state index contributed by atoms with van der Waals surface area (Å²) >= 11 is -0.606. The summed E-state index contributed by atoms with van der Waals surface area (Å²) in [6, 6.07) is 6.31. The van der Waals surface area contributed by atoms with Gasteiger partial charge in [-0.3, -0.25) is 0 Å². The second kappa shape index (κ2) is 6.93. The topological polar surface area (TPSA) is 41.5 Å². The molecule has 0 amide bonds. The van der Waals surface area contributed by atoms with Crippen molar-refractivity contribution >= 4 is 11.2 Å². The normalized spacial score (nSPS) is 26.8. The van der Waals surface area contributed by atoms with E-state index >= 15 is 0 Å². The van der Waals surface area contributed by atoms with E-state index in [1.807, 2.05) is 6.07 Å². The van der Waals surface area contributed by atoms with Crippen LogP contribution in [0.4, 0.5) is 0 Å².